The second-order valence-corrected chi connectivity index (χ2v) is 4.96. The van der Waals surface area contributed by atoms with Gasteiger partial charge in [-0.05, 0) is 48.7 Å². The molecule has 2 rings (SSSR count). The zero-order valence-corrected chi connectivity index (χ0v) is 11.3. The van der Waals surface area contributed by atoms with E-state index in [2.05, 4.69) is 0 Å². The Morgan fingerprint density at radius 3 is 2.32 bits per heavy atom. The van der Waals surface area contributed by atoms with Crippen LogP contribution < -0.4 is 0 Å². The summed E-state index contributed by atoms with van der Waals surface area (Å²) in [5, 5.41) is 10.2. The van der Waals surface area contributed by atoms with E-state index in [-0.39, 0.29) is 16.1 Å². The molecule has 0 aliphatic carbocycles. The van der Waals surface area contributed by atoms with Crippen LogP contribution in [0.15, 0.2) is 30.3 Å². The number of aliphatic hydroxyl groups is 1. The Labute approximate surface area is 115 Å². The fraction of sp³-hybridized carbons (Fsp3) is 0.200. The highest BCUT2D eigenvalue weighted by molar-refractivity contribution is 6.30. The van der Waals surface area contributed by atoms with E-state index in [4.69, 9.17) is 11.6 Å². The number of aryl methyl sites for hydroxylation is 2. The van der Waals surface area contributed by atoms with Crippen molar-refractivity contribution in [1.29, 1.82) is 0 Å². The third kappa shape index (κ3) is 2.77. The molecule has 19 heavy (non-hydrogen) atoms. The highest BCUT2D eigenvalue weighted by Crippen LogP contribution is 2.29. The lowest BCUT2D eigenvalue weighted by Gasteiger charge is -2.16. The van der Waals surface area contributed by atoms with Crippen LogP contribution in [0.2, 0.25) is 5.02 Å². The molecule has 0 aliphatic rings. The minimum absolute atomic E-state index is 0.0305. The molecule has 1 atom stereocenters. The lowest BCUT2D eigenvalue weighted by Crippen LogP contribution is -2.06. The van der Waals surface area contributed by atoms with E-state index < -0.39 is 17.7 Å². The van der Waals surface area contributed by atoms with Crippen LogP contribution in [0.3, 0.4) is 0 Å². The van der Waals surface area contributed by atoms with Crippen molar-refractivity contribution < 1.29 is 13.9 Å². The Bertz CT molecular complexity index is 603. The van der Waals surface area contributed by atoms with Gasteiger partial charge in [-0.3, -0.25) is 0 Å². The summed E-state index contributed by atoms with van der Waals surface area (Å²) >= 11 is 5.58. The van der Waals surface area contributed by atoms with E-state index in [9.17, 15) is 13.9 Å². The second kappa shape index (κ2) is 5.27. The number of benzene rings is 2. The van der Waals surface area contributed by atoms with Crippen molar-refractivity contribution in [2.75, 3.05) is 0 Å². The van der Waals surface area contributed by atoms with Crippen molar-refractivity contribution >= 4 is 11.6 Å². The first-order valence-electron chi connectivity index (χ1n) is 5.80. The Morgan fingerprint density at radius 2 is 1.74 bits per heavy atom. The van der Waals surface area contributed by atoms with Gasteiger partial charge in [0.1, 0.15) is 17.7 Å². The Morgan fingerprint density at radius 1 is 1.05 bits per heavy atom. The molecule has 0 amide bonds. The molecule has 2 aromatic carbocycles. The molecule has 4 heteroatoms. The molecule has 1 unspecified atom stereocenters. The van der Waals surface area contributed by atoms with E-state index in [1.807, 2.05) is 0 Å². The predicted molar refractivity (Wildman–Crippen MR) is 71.3 cm³/mol. The van der Waals surface area contributed by atoms with Crippen LogP contribution in [-0.2, 0) is 0 Å². The molecule has 0 aromatic heterocycles. The standard InChI is InChI=1S/C15H13ClF2O/c1-8-5-9(2)14(13(18)6-8)15(19)10-3-4-11(16)12(17)7-10/h3-7,15,19H,1-2H3. The highest BCUT2D eigenvalue weighted by atomic mass is 35.5. The molecule has 0 saturated carbocycles. The first-order valence-corrected chi connectivity index (χ1v) is 6.17. The van der Waals surface area contributed by atoms with Crippen LogP contribution in [0.1, 0.15) is 28.4 Å². The maximum absolute atomic E-state index is 13.9. The maximum atomic E-state index is 13.9. The zero-order chi connectivity index (χ0) is 14.2. The van der Waals surface area contributed by atoms with Gasteiger partial charge in [-0.2, -0.15) is 0 Å². The Kier molecular flexibility index (Phi) is 3.88. The molecular weight excluding hydrogens is 270 g/mol. The lowest BCUT2D eigenvalue weighted by atomic mass is 9.95. The molecule has 1 N–H and O–H groups in total. The van der Waals surface area contributed by atoms with Gasteiger partial charge in [0.25, 0.3) is 0 Å². The molecule has 0 fully saturated rings. The summed E-state index contributed by atoms with van der Waals surface area (Å²) in [6.07, 6.45) is -1.22. The largest absolute Gasteiger partial charge is 0.384 e. The van der Waals surface area contributed by atoms with Crippen molar-refractivity contribution in [3.63, 3.8) is 0 Å². The number of aliphatic hydroxyl groups excluding tert-OH is 1. The topological polar surface area (TPSA) is 20.2 Å². The smallest absolute Gasteiger partial charge is 0.142 e. The average molecular weight is 283 g/mol. The van der Waals surface area contributed by atoms with E-state index in [1.165, 1.54) is 18.2 Å². The second-order valence-electron chi connectivity index (χ2n) is 4.55. The lowest BCUT2D eigenvalue weighted by molar-refractivity contribution is 0.213. The molecule has 0 heterocycles. The van der Waals surface area contributed by atoms with Crippen LogP contribution in [-0.4, -0.2) is 5.11 Å². The van der Waals surface area contributed by atoms with Crippen molar-refractivity contribution in [3.8, 4) is 0 Å². The molecule has 0 bridgehead atoms. The predicted octanol–water partition coefficient (Wildman–Crippen LogP) is 4.32. The molecule has 0 aliphatic heterocycles. The SMILES string of the molecule is Cc1cc(C)c(C(O)c2ccc(Cl)c(F)c2)c(F)c1. The van der Waals surface area contributed by atoms with E-state index in [0.717, 1.165) is 11.6 Å². The minimum Gasteiger partial charge on any atom is -0.384 e. The van der Waals surface area contributed by atoms with Crippen molar-refractivity contribution in [2.24, 2.45) is 0 Å². The van der Waals surface area contributed by atoms with Gasteiger partial charge >= 0.3 is 0 Å². The molecule has 2 aromatic rings. The maximum Gasteiger partial charge on any atom is 0.142 e. The number of halogens is 3. The summed E-state index contributed by atoms with van der Waals surface area (Å²) in [6.45, 7) is 3.48. The van der Waals surface area contributed by atoms with Gasteiger partial charge in [-0.25, -0.2) is 8.78 Å². The van der Waals surface area contributed by atoms with Gasteiger partial charge in [0.15, 0.2) is 0 Å². The Balaban J connectivity index is 2.49. The van der Waals surface area contributed by atoms with Crippen LogP contribution >= 0.6 is 11.6 Å². The zero-order valence-electron chi connectivity index (χ0n) is 10.5. The normalized spacial score (nSPS) is 12.5. The van der Waals surface area contributed by atoms with Crippen molar-refractivity contribution in [2.45, 2.75) is 20.0 Å². The molecule has 0 saturated heterocycles. The van der Waals surface area contributed by atoms with Gasteiger partial charge in [0.05, 0.1) is 5.02 Å². The van der Waals surface area contributed by atoms with Gasteiger partial charge in [-0.1, -0.05) is 23.7 Å². The fourth-order valence-corrected chi connectivity index (χ4v) is 2.24. The van der Waals surface area contributed by atoms with Gasteiger partial charge in [-0.15, -0.1) is 0 Å². The molecule has 1 nitrogen and oxygen atoms in total. The van der Waals surface area contributed by atoms with Gasteiger partial charge in [0, 0.05) is 5.56 Å². The van der Waals surface area contributed by atoms with Crippen molar-refractivity contribution in [3.05, 3.63) is 69.2 Å². The third-order valence-corrected chi connectivity index (χ3v) is 3.32. The first kappa shape index (κ1) is 14.0. The highest BCUT2D eigenvalue weighted by Gasteiger charge is 2.19. The summed E-state index contributed by atoms with van der Waals surface area (Å²) in [5.41, 5.74) is 1.83. The quantitative estimate of drug-likeness (QED) is 0.870. The van der Waals surface area contributed by atoms with Crippen LogP contribution in [0, 0.1) is 25.5 Å². The van der Waals surface area contributed by atoms with Crippen LogP contribution in [0.4, 0.5) is 8.78 Å². The molecular formula is C15H13ClF2O. The summed E-state index contributed by atoms with van der Waals surface area (Å²) in [4.78, 5) is 0. The summed E-state index contributed by atoms with van der Waals surface area (Å²) in [6, 6.07) is 7.06. The summed E-state index contributed by atoms with van der Waals surface area (Å²) < 4.78 is 27.3. The van der Waals surface area contributed by atoms with Crippen LogP contribution in [0.25, 0.3) is 0 Å². The van der Waals surface area contributed by atoms with E-state index in [1.54, 1.807) is 19.9 Å². The van der Waals surface area contributed by atoms with E-state index in [0.29, 0.717) is 5.56 Å². The van der Waals surface area contributed by atoms with Crippen molar-refractivity contribution in [1.82, 2.24) is 0 Å². The first-order chi connectivity index (χ1) is 8.90. The Hall–Kier alpha value is -1.45. The molecule has 100 valence electrons. The molecule has 0 spiro atoms. The van der Waals surface area contributed by atoms with Crippen LogP contribution in [0.5, 0.6) is 0 Å². The number of hydrogen-bond acceptors (Lipinski definition) is 1. The number of hydrogen-bond donors (Lipinski definition) is 1. The summed E-state index contributed by atoms with van der Waals surface area (Å²) in [7, 11) is 0. The number of rotatable bonds is 2. The summed E-state index contributed by atoms with van der Waals surface area (Å²) in [5.74, 6) is -1.14. The third-order valence-electron chi connectivity index (χ3n) is 3.01. The average Bonchev–Trinajstić information content (AvgIpc) is 2.31. The van der Waals surface area contributed by atoms with E-state index >= 15 is 0 Å². The fourth-order valence-electron chi connectivity index (χ4n) is 2.12. The monoisotopic (exact) mass is 282 g/mol. The minimum atomic E-state index is -1.22. The molecule has 0 radical (unpaired) electrons. The van der Waals surface area contributed by atoms with Gasteiger partial charge < -0.3 is 5.11 Å². The van der Waals surface area contributed by atoms with Gasteiger partial charge in [0.2, 0.25) is 0 Å².